The largest absolute Gasteiger partial charge is 0.454 e. The highest BCUT2D eigenvalue weighted by molar-refractivity contribution is 5.80. The van der Waals surface area contributed by atoms with E-state index in [2.05, 4.69) is 123 Å². The summed E-state index contributed by atoms with van der Waals surface area (Å²) in [7, 11) is 0. The fourth-order valence-corrected chi connectivity index (χ4v) is 9.86. The van der Waals surface area contributed by atoms with Crippen LogP contribution in [0.15, 0.2) is 109 Å². The smallest absolute Gasteiger partial charge is 0.306 e. The molecular formula is C72H123NO10. The van der Waals surface area contributed by atoms with Crippen LogP contribution in [0.1, 0.15) is 271 Å². The molecule has 83 heavy (non-hydrogen) atoms. The Morgan fingerprint density at radius 3 is 1.33 bits per heavy atom. The SMILES string of the molecule is CC/C=C\C/C=C\C/C=C\C/C=C\C/C=C\CCCCCC(=O)OC1C(OCC(NC(=O)C(O)CCCCCCCCCCC/C=C\C/C=C\C/C=C\CCCCC)C(O)/C=C/CCCCCCCCCCCCC)OC(CO)C(O)C1O. The Labute approximate surface area is 507 Å². The van der Waals surface area contributed by atoms with Crippen molar-refractivity contribution in [2.75, 3.05) is 13.2 Å². The van der Waals surface area contributed by atoms with Gasteiger partial charge in [0.15, 0.2) is 12.4 Å². The van der Waals surface area contributed by atoms with E-state index in [1.807, 2.05) is 6.08 Å². The molecule has 1 rings (SSSR count). The molecule has 6 N–H and O–H groups in total. The van der Waals surface area contributed by atoms with Gasteiger partial charge in [-0.2, -0.15) is 0 Å². The van der Waals surface area contributed by atoms with Gasteiger partial charge in [0, 0.05) is 6.42 Å². The van der Waals surface area contributed by atoms with Crippen LogP contribution in [0, 0.1) is 0 Å². The Balaban J connectivity index is 2.67. The molecule has 1 saturated heterocycles. The summed E-state index contributed by atoms with van der Waals surface area (Å²) in [6.45, 7) is 5.64. The van der Waals surface area contributed by atoms with E-state index < -0.39 is 67.4 Å². The number of aliphatic hydroxyl groups excluding tert-OH is 5. The van der Waals surface area contributed by atoms with Gasteiger partial charge < -0.3 is 45.1 Å². The van der Waals surface area contributed by atoms with E-state index in [9.17, 15) is 35.1 Å². The zero-order valence-electron chi connectivity index (χ0n) is 52.8. The van der Waals surface area contributed by atoms with Crippen LogP contribution in [-0.4, -0.2) is 99.6 Å². The van der Waals surface area contributed by atoms with Crippen molar-refractivity contribution in [2.24, 2.45) is 0 Å². The number of ether oxygens (including phenoxy) is 3. The number of aliphatic hydroxyl groups is 5. The molecule has 1 fully saturated rings. The van der Waals surface area contributed by atoms with Crippen LogP contribution in [0.3, 0.4) is 0 Å². The summed E-state index contributed by atoms with van der Waals surface area (Å²) in [6, 6.07) is -1.04. The van der Waals surface area contributed by atoms with Crippen molar-refractivity contribution < 1.29 is 49.3 Å². The minimum atomic E-state index is -1.64. The van der Waals surface area contributed by atoms with E-state index in [-0.39, 0.29) is 19.4 Å². The topological polar surface area (TPSA) is 175 Å². The summed E-state index contributed by atoms with van der Waals surface area (Å²) in [5, 5.41) is 57.2. The summed E-state index contributed by atoms with van der Waals surface area (Å²) in [5.41, 5.74) is 0. The maximum Gasteiger partial charge on any atom is 0.306 e. The summed E-state index contributed by atoms with van der Waals surface area (Å²) < 4.78 is 17.6. The Kier molecular flexibility index (Phi) is 54.7. The standard InChI is InChI=1S/C72H123NO10/c1-4-7-10-13-16-19-22-25-27-29-31-32-33-35-36-38-41-44-47-50-53-56-59-65(76)71(80)73-63(64(75)58-55-52-49-46-43-40-24-21-18-15-12-9-6-3)62-81-72-70(69(79)68(78)66(61-74)82-72)83-67(77)60-57-54-51-48-45-42-39-37-34-30-28-26-23-20-17-14-11-8-5-2/h8,11,16-17,19-20,25-28,31-32,34,37,42,45,55,58,63-66,68-70,72,74-76,78-79H,4-7,9-10,12-15,18,21-24,29-30,33,35-36,38-41,43-44,46-54,56-57,59-62H2,1-3H3,(H,73,80)/b11-8-,19-16-,20-17-,27-25-,28-26-,32-31-,37-34-,45-42-,58-55+. The number of allylic oxidation sites excluding steroid dienone is 17. The van der Waals surface area contributed by atoms with Gasteiger partial charge in [-0.15, -0.1) is 0 Å². The van der Waals surface area contributed by atoms with Crippen molar-refractivity contribution >= 4 is 11.9 Å². The second-order valence-electron chi connectivity index (χ2n) is 22.8. The third-order valence-electron chi connectivity index (χ3n) is 15.2. The van der Waals surface area contributed by atoms with Gasteiger partial charge in [0.2, 0.25) is 5.91 Å². The molecule has 0 aromatic carbocycles. The van der Waals surface area contributed by atoms with Gasteiger partial charge in [0.25, 0.3) is 0 Å². The van der Waals surface area contributed by atoms with Crippen LogP contribution in [-0.2, 0) is 23.8 Å². The molecule has 0 saturated carbocycles. The molecule has 476 valence electrons. The molecule has 0 aromatic heterocycles. The first-order chi connectivity index (χ1) is 40.7. The number of carbonyl (C=O) groups excluding carboxylic acids is 2. The molecule has 0 radical (unpaired) electrons. The summed E-state index contributed by atoms with van der Waals surface area (Å²) >= 11 is 0. The van der Waals surface area contributed by atoms with Gasteiger partial charge in [0.1, 0.15) is 24.4 Å². The van der Waals surface area contributed by atoms with Crippen molar-refractivity contribution in [2.45, 2.75) is 320 Å². The van der Waals surface area contributed by atoms with Crippen LogP contribution in [0.2, 0.25) is 0 Å². The first-order valence-electron chi connectivity index (χ1n) is 33.7. The third-order valence-corrected chi connectivity index (χ3v) is 15.2. The molecule has 11 nitrogen and oxygen atoms in total. The lowest BCUT2D eigenvalue weighted by molar-refractivity contribution is -0.305. The highest BCUT2D eigenvalue weighted by Gasteiger charge is 2.47. The van der Waals surface area contributed by atoms with Gasteiger partial charge in [-0.25, -0.2) is 0 Å². The predicted octanol–water partition coefficient (Wildman–Crippen LogP) is 16.8. The van der Waals surface area contributed by atoms with Gasteiger partial charge in [-0.1, -0.05) is 265 Å². The fourth-order valence-electron chi connectivity index (χ4n) is 9.86. The predicted molar refractivity (Wildman–Crippen MR) is 347 cm³/mol. The molecule has 0 bridgehead atoms. The van der Waals surface area contributed by atoms with E-state index in [0.717, 1.165) is 109 Å². The lowest BCUT2D eigenvalue weighted by atomic mass is 9.99. The first kappa shape index (κ1) is 77.3. The number of hydrogen-bond acceptors (Lipinski definition) is 10. The maximum absolute atomic E-state index is 13.5. The second kappa shape index (κ2) is 58.7. The van der Waals surface area contributed by atoms with Crippen LogP contribution in [0.5, 0.6) is 0 Å². The van der Waals surface area contributed by atoms with Crippen LogP contribution in [0.4, 0.5) is 0 Å². The number of carbonyl (C=O) groups is 2. The molecule has 1 aliphatic heterocycles. The van der Waals surface area contributed by atoms with Gasteiger partial charge >= 0.3 is 5.97 Å². The average Bonchev–Trinajstić information content (AvgIpc) is 3.58. The number of hydrogen-bond donors (Lipinski definition) is 6. The lowest BCUT2D eigenvalue weighted by Gasteiger charge is -2.41. The van der Waals surface area contributed by atoms with E-state index >= 15 is 0 Å². The number of unbranched alkanes of at least 4 members (excludes halogenated alkanes) is 26. The summed E-state index contributed by atoms with van der Waals surface area (Å²) in [5.74, 6) is -1.24. The van der Waals surface area contributed by atoms with Crippen LogP contribution in [0.25, 0.3) is 0 Å². The zero-order valence-corrected chi connectivity index (χ0v) is 52.8. The highest BCUT2D eigenvalue weighted by atomic mass is 16.7. The number of rotatable bonds is 56. The minimum absolute atomic E-state index is 0.0789. The second-order valence-corrected chi connectivity index (χ2v) is 22.8. The van der Waals surface area contributed by atoms with Crippen molar-refractivity contribution in [3.63, 3.8) is 0 Å². The maximum atomic E-state index is 13.5. The molecule has 0 spiro atoms. The molecular weight excluding hydrogens is 1040 g/mol. The van der Waals surface area contributed by atoms with Crippen LogP contribution < -0.4 is 5.32 Å². The van der Waals surface area contributed by atoms with Gasteiger partial charge in [0.05, 0.1) is 25.4 Å². The molecule has 11 heteroatoms. The first-order valence-corrected chi connectivity index (χ1v) is 33.7. The van der Waals surface area contributed by atoms with Gasteiger partial charge in [-0.3, -0.25) is 9.59 Å². The van der Waals surface area contributed by atoms with E-state index in [1.54, 1.807) is 6.08 Å². The molecule has 8 atom stereocenters. The number of esters is 1. The normalized spacial score (nSPS) is 19.3. The van der Waals surface area contributed by atoms with Crippen molar-refractivity contribution in [3.8, 4) is 0 Å². The van der Waals surface area contributed by atoms with Crippen molar-refractivity contribution in [3.05, 3.63) is 109 Å². The van der Waals surface area contributed by atoms with Crippen LogP contribution >= 0.6 is 0 Å². The highest BCUT2D eigenvalue weighted by Crippen LogP contribution is 2.26. The van der Waals surface area contributed by atoms with Gasteiger partial charge in [-0.05, 0) is 109 Å². The van der Waals surface area contributed by atoms with E-state index in [1.165, 1.54) is 116 Å². The Morgan fingerprint density at radius 2 is 0.867 bits per heavy atom. The number of amides is 1. The number of nitrogens with one attached hydrogen (secondary N) is 1. The minimum Gasteiger partial charge on any atom is -0.454 e. The molecule has 1 aliphatic rings. The fraction of sp³-hybridized carbons (Fsp3) is 0.722. The van der Waals surface area contributed by atoms with E-state index in [0.29, 0.717) is 12.8 Å². The lowest BCUT2D eigenvalue weighted by Crippen LogP contribution is -2.61. The molecule has 0 aromatic rings. The monoisotopic (exact) mass is 1160 g/mol. The van der Waals surface area contributed by atoms with Crippen molar-refractivity contribution in [1.82, 2.24) is 5.32 Å². The van der Waals surface area contributed by atoms with Crippen molar-refractivity contribution in [1.29, 1.82) is 0 Å². The summed E-state index contributed by atoms with van der Waals surface area (Å²) in [4.78, 5) is 26.6. The molecule has 0 aliphatic carbocycles. The zero-order chi connectivity index (χ0) is 60.3. The van der Waals surface area contributed by atoms with E-state index in [4.69, 9.17) is 14.2 Å². The quantitative estimate of drug-likeness (QED) is 0.0195. The summed E-state index contributed by atoms with van der Waals surface area (Å²) in [6.07, 6.45) is 69.7. The Morgan fingerprint density at radius 1 is 0.482 bits per heavy atom. The third kappa shape index (κ3) is 46.2. The molecule has 1 heterocycles. The molecule has 1 amide bonds. The Hall–Kier alpha value is -3.68. The average molecular weight is 1160 g/mol. The Bertz CT molecular complexity index is 1770. The molecule has 8 unspecified atom stereocenters.